The summed E-state index contributed by atoms with van der Waals surface area (Å²) in [6.07, 6.45) is 0. The predicted molar refractivity (Wildman–Crippen MR) is 323 cm³/mol. The minimum atomic E-state index is -1.53. The lowest BCUT2D eigenvalue weighted by Crippen LogP contribution is -2.37. The zero-order valence-corrected chi connectivity index (χ0v) is 46.1. The van der Waals surface area contributed by atoms with Crippen LogP contribution in [0.1, 0.15) is 50.7 Å². The van der Waals surface area contributed by atoms with E-state index in [0.717, 1.165) is 55.5 Å². The van der Waals surface area contributed by atoms with Crippen molar-refractivity contribution < 1.29 is 4.42 Å². The number of benzene rings is 10. The van der Waals surface area contributed by atoms with Crippen LogP contribution < -0.4 is 20.2 Å². The van der Waals surface area contributed by atoms with Crippen LogP contribution in [-0.2, 0) is 0 Å². The molecule has 11 rings (SSSR count). The average Bonchev–Trinajstić information content (AvgIpc) is 3.73. The molecule has 11 aromatic rings. The number of nitrogens with zero attached hydrogens (tertiary/aromatic N) is 2. The molecule has 0 radical (unpaired) electrons. The fourth-order valence-corrected chi connectivity index (χ4v) is 13.1. The molecule has 0 N–H and O–H groups in total. The highest BCUT2D eigenvalue weighted by Crippen LogP contribution is 2.48. The largest absolute Gasteiger partial charge is 0.456 e. The van der Waals surface area contributed by atoms with Crippen molar-refractivity contribution >= 4 is 104 Å². The smallest absolute Gasteiger partial charge is 0.136 e. The van der Waals surface area contributed by atoms with Crippen molar-refractivity contribution in [3.63, 3.8) is 0 Å². The van der Waals surface area contributed by atoms with E-state index in [1.165, 1.54) is 65.9 Å². The Kier molecular flexibility index (Phi) is 12.4. The van der Waals surface area contributed by atoms with E-state index in [1.807, 2.05) is 0 Å². The highest BCUT2D eigenvalue weighted by molar-refractivity contribution is 6.89. The Morgan fingerprint density at radius 1 is 0.342 bits per heavy atom. The maximum absolute atomic E-state index is 6.93. The summed E-state index contributed by atoms with van der Waals surface area (Å²) in [5.41, 5.74) is 16.2. The number of anilines is 6. The normalized spacial score (nSPS) is 12.2. The van der Waals surface area contributed by atoms with Gasteiger partial charge in [-0.1, -0.05) is 211 Å². The quantitative estimate of drug-likeness (QED) is 0.114. The van der Waals surface area contributed by atoms with Gasteiger partial charge in [-0.3, -0.25) is 0 Å². The Labute approximate surface area is 434 Å². The SMILES string of the molecule is CC(C)c1cccc(-c2ccccc2)c1N(c1ccc([Si](C)(C)C)cc1)c1ccc2cc3c(cc2c1)oc1cc2cc(N(c4ccc([Si](C)(C)C)cc4)c4c(-c5ccccc5)cccc4C(C)C)ccc2cc13. The molecule has 362 valence electrons. The first-order valence-electron chi connectivity index (χ1n) is 26.1. The molecule has 0 unspecified atom stereocenters. The maximum atomic E-state index is 6.93. The van der Waals surface area contributed by atoms with Crippen LogP contribution in [-0.4, -0.2) is 16.1 Å². The van der Waals surface area contributed by atoms with Crippen LogP contribution in [0.3, 0.4) is 0 Å². The molecule has 3 nitrogen and oxygen atoms in total. The molecule has 0 saturated heterocycles. The molecule has 10 aromatic carbocycles. The molecule has 0 aliphatic heterocycles. The van der Waals surface area contributed by atoms with E-state index in [4.69, 9.17) is 4.42 Å². The molecule has 0 fully saturated rings. The van der Waals surface area contributed by atoms with Gasteiger partial charge in [0.25, 0.3) is 0 Å². The van der Waals surface area contributed by atoms with Crippen molar-refractivity contribution in [3.8, 4) is 22.3 Å². The van der Waals surface area contributed by atoms with Gasteiger partial charge >= 0.3 is 0 Å². The Morgan fingerprint density at radius 2 is 0.712 bits per heavy atom. The van der Waals surface area contributed by atoms with Crippen LogP contribution in [0.2, 0.25) is 39.3 Å². The van der Waals surface area contributed by atoms with E-state index < -0.39 is 16.1 Å². The summed E-state index contributed by atoms with van der Waals surface area (Å²) >= 11 is 0. The average molecular weight is 983 g/mol. The molecule has 1 aromatic heterocycles. The Hall–Kier alpha value is -7.45. The van der Waals surface area contributed by atoms with Gasteiger partial charge < -0.3 is 14.2 Å². The third-order valence-electron chi connectivity index (χ3n) is 14.8. The van der Waals surface area contributed by atoms with E-state index in [9.17, 15) is 0 Å². The van der Waals surface area contributed by atoms with Gasteiger partial charge in [0.05, 0.1) is 27.5 Å². The first-order chi connectivity index (χ1) is 35.1. The molecule has 0 aliphatic rings. The van der Waals surface area contributed by atoms with Crippen LogP contribution >= 0.6 is 0 Å². The van der Waals surface area contributed by atoms with Gasteiger partial charge in [-0.05, 0) is 128 Å². The Balaban J connectivity index is 1.06. The summed E-state index contributed by atoms with van der Waals surface area (Å²) in [7, 11) is -3.06. The number of hydrogen-bond donors (Lipinski definition) is 0. The lowest BCUT2D eigenvalue weighted by molar-refractivity contribution is 0.670. The van der Waals surface area contributed by atoms with Crippen molar-refractivity contribution in [2.75, 3.05) is 9.80 Å². The highest BCUT2D eigenvalue weighted by Gasteiger charge is 2.26. The molecular formula is C68H66N2OSi2. The highest BCUT2D eigenvalue weighted by atomic mass is 28.3. The molecule has 0 saturated carbocycles. The van der Waals surface area contributed by atoms with Crippen molar-refractivity contribution in [2.24, 2.45) is 0 Å². The topological polar surface area (TPSA) is 19.6 Å². The molecule has 0 amide bonds. The molecule has 1 heterocycles. The second-order valence-electron chi connectivity index (χ2n) is 22.7. The molecule has 5 heteroatoms. The van der Waals surface area contributed by atoms with Gasteiger partial charge in [-0.25, -0.2) is 0 Å². The minimum absolute atomic E-state index is 0.302. The third kappa shape index (κ3) is 9.11. The molecule has 0 spiro atoms. The fourth-order valence-electron chi connectivity index (χ4n) is 10.8. The minimum Gasteiger partial charge on any atom is -0.456 e. The molecule has 0 aliphatic carbocycles. The van der Waals surface area contributed by atoms with Gasteiger partial charge in [-0.15, -0.1) is 0 Å². The van der Waals surface area contributed by atoms with Gasteiger partial charge in [-0.2, -0.15) is 0 Å². The zero-order chi connectivity index (χ0) is 50.8. The van der Waals surface area contributed by atoms with Crippen LogP contribution in [0.15, 0.2) is 211 Å². The maximum Gasteiger partial charge on any atom is 0.136 e. The van der Waals surface area contributed by atoms with Crippen molar-refractivity contribution in [1.82, 2.24) is 0 Å². The summed E-state index contributed by atoms with van der Waals surface area (Å²) in [5, 5.41) is 9.77. The third-order valence-corrected chi connectivity index (χ3v) is 19.0. The number of fused-ring (bicyclic) bond motifs is 5. The Bertz CT molecular complexity index is 3550. The fraction of sp³-hybridized carbons (Fsp3) is 0.176. The van der Waals surface area contributed by atoms with Crippen LogP contribution in [0.4, 0.5) is 34.1 Å². The first kappa shape index (κ1) is 47.9. The van der Waals surface area contributed by atoms with E-state index in [2.05, 4.69) is 283 Å². The summed E-state index contributed by atoms with van der Waals surface area (Å²) in [4.78, 5) is 4.98. The molecule has 0 bridgehead atoms. The summed E-state index contributed by atoms with van der Waals surface area (Å²) < 4.78 is 6.93. The van der Waals surface area contributed by atoms with Gasteiger partial charge in [0.15, 0.2) is 0 Å². The van der Waals surface area contributed by atoms with Crippen LogP contribution in [0, 0.1) is 0 Å². The second-order valence-corrected chi connectivity index (χ2v) is 32.8. The van der Waals surface area contributed by atoms with Gasteiger partial charge in [0.1, 0.15) is 11.2 Å². The number of rotatable bonds is 12. The predicted octanol–water partition coefficient (Wildman–Crippen LogP) is 19.5. The molecular weight excluding hydrogens is 917 g/mol. The Morgan fingerprint density at radius 3 is 1.07 bits per heavy atom. The van der Waals surface area contributed by atoms with Crippen LogP contribution in [0.5, 0.6) is 0 Å². The van der Waals surface area contributed by atoms with E-state index >= 15 is 0 Å². The number of furan rings is 1. The van der Waals surface area contributed by atoms with E-state index in [-0.39, 0.29) is 0 Å². The monoisotopic (exact) mass is 982 g/mol. The van der Waals surface area contributed by atoms with Gasteiger partial charge in [0, 0.05) is 44.6 Å². The number of para-hydroxylation sites is 2. The molecule has 0 atom stereocenters. The van der Waals surface area contributed by atoms with Crippen molar-refractivity contribution in [3.05, 3.63) is 217 Å². The number of hydrogen-bond acceptors (Lipinski definition) is 3. The van der Waals surface area contributed by atoms with Crippen molar-refractivity contribution in [1.29, 1.82) is 0 Å². The van der Waals surface area contributed by atoms with Crippen LogP contribution in [0.25, 0.3) is 65.7 Å². The van der Waals surface area contributed by atoms with Gasteiger partial charge in [0.2, 0.25) is 0 Å². The summed E-state index contributed by atoms with van der Waals surface area (Å²) in [6, 6.07) is 77.1. The lowest BCUT2D eigenvalue weighted by Gasteiger charge is -2.32. The summed E-state index contributed by atoms with van der Waals surface area (Å²) in [5.74, 6) is 0.605. The lowest BCUT2D eigenvalue weighted by atomic mass is 9.92. The summed E-state index contributed by atoms with van der Waals surface area (Å²) in [6.45, 7) is 23.7. The molecule has 73 heavy (non-hydrogen) atoms. The first-order valence-corrected chi connectivity index (χ1v) is 33.1. The standard InChI is InChI=1S/C68H66N2OSi2/c1-45(2)59-23-17-25-61(47-19-13-11-14-20-47)67(59)69(53-31-35-57(36-32-53)72(5,6)7)55-29-27-49-41-63-64-42-50-28-30-56(40-52(50)44-66(64)71-65(63)43-51(49)39-55)70(54-33-37-58(38-34-54)73(8,9)10)68-60(46(3)4)24-18-26-62(68)48-21-15-12-16-22-48/h11-46H,1-10H3. The van der Waals surface area contributed by atoms with E-state index in [1.54, 1.807) is 0 Å². The van der Waals surface area contributed by atoms with Crippen molar-refractivity contribution in [2.45, 2.75) is 78.8 Å². The zero-order valence-electron chi connectivity index (χ0n) is 44.1. The van der Waals surface area contributed by atoms with E-state index in [0.29, 0.717) is 11.8 Å². The second kappa shape index (κ2) is 18.9.